The highest BCUT2D eigenvalue weighted by atomic mass is 32.2. The average Bonchev–Trinajstić information content (AvgIpc) is 2.47. The van der Waals surface area contributed by atoms with Crippen LogP contribution in [0.15, 0.2) is 59.5 Å². The van der Waals surface area contributed by atoms with Crippen LogP contribution in [0.4, 0.5) is 5.69 Å². The molecule has 0 radical (unpaired) electrons. The first-order chi connectivity index (χ1) is 9.07. The van der Waals surface area contributed by atoms with E-state index in [0.717, 1.165) is 5.56 Å². The van der Waals surface area contributed by atoms with Gasteiger partial charge in [0.1, 0.15) is 0 Å². The summed E-state index contributed by atoms with van der Waals surface area (Å²) in [5.74, 6) is 0. The fourth-order valence-corrected chi connectivity index (χ4v) is 3.13. The van der Waals surface area contributed by atoms with E-state index < -0.39 is 10.0 Å². The standard InChI is InChI=1S/C14H16N2O2S/c1-16(14-10-6-5-7-12(14)11-15)19(17,18)13-8-3-2-4-9-13/h2-10H,11,15H2,1H3. The first-order valence-corrected chi connectivity index (χ1v) is 7.33. The molecule has 0 heterocycles. The van der Waals surface area contributed by atoms with Gasteiger partial charge in [0.25, 0.3) is 10.0 Å². The number of hydrogen-bond donors (Lipinski definition) is 1. The van der Waals surface area contributed by atoms with E-state index in [1.165, 1.54) is 11.4 Å². The first kappa shape index (κ1) is 13.6. The third-order valence-corrected chi connectivity index (χ3v) is 4.74. The Labute approximate surface area is 113 Å². The molecule has 4 nitrogen and oxygen atoms in total. The van der Waals surface area contributed by atoms with Gasteiger partial charge in [0.15, 0.2) is 0 Å². The highest BCUT2D eigenvalue weighted by Crippen LogP contribution is 2.25. The van der Waals surface area contributed by atoms with Gasteiger partial charge < -0.3 is 5.73 Å². The van der Waals surface area contributed by atoms with Crippen LogP contribution >= 0.6 is 0 Å². The molecule has 0 spiro atoms. The molecule has 0 amide bonds. The Morgan fingerprint density at radius 3 is 2.21 bits per heavy atom. The van der Waals surface area contributed by atoms with E-state index in [-0.39, 0.29) is 4.90 Å². The highest BCUT2D eigenvalue weighted by molar-refractivity contribution is 7.92. The lowest BCUT2D eigenvalue weighted by molar-refractivity contribution is 0.594. The molecular formula is C14H16N2O2S. The Morgan fingerprint density at radius 2 is 1.58 bits per heavy atom. The topological polar surface area (TPSA) is 63.4 Å². The van der Waals surface area contributed by atoms with Crippen molar-refractivity contribution in [3.05, 3.63) is 60.2 Å². The third-order valence-electron chi connectivity index (χ3n) is 2.95. The first-order valence-electron chi connectivity index (χ1n) is 5.89. The molecule has 0 unspecified atom stereocenters. The predicted molar refractivity (Wildman–Crippen MR) is 76.4 cm³/mol. The average molecular weight is 276 g/mol. The van der Waals surface area contributed by atoms with E-state index in [9.17, 15) is 8.42 Å². The predicted octanol–water partition coefficient (Wildman–Crippen LogP) is 1.97. The number of para-hydroxylation sites is 1. The minimum Gasteiger partial charge on any atom is -0.326 e. The summed E-state index contributed by atoms with van der Waals surface area (Å²) < 4.78 is 26.2. The molecule has 2 N–H and O–H groups in total. The summed E-state index contributed by atoms with van der Waals surface area (Å²) in [6.07, 6.45) is 0. The molecule has 0 aliphatic carbocycles. The van der Waals surface area contributed by atoms with E-state index in [4.69, 9.17) is 5.73 Å². The smallest absolute Gasteiger partial charge is 0.264 e. The summed E-state index contributed by atoms with van der Waals surface area (Å²) in [7, 11) is -2.01. The molecule has 0 bridgehead atoms. The molecule has 2 aromatic carbocycles. The van der Waals surface area contributed by atoms with Crippen LogP contribution in [-0.2, 0) is 16.6 Å². The lowest BCUT2D eigenvalue weighted by Crippen LogP contribution is -2.27. The molecule has 100 valence electrons. The minimum atomic E-state index is -3.55. The molecule has 19 heavy (non-hydrogen) atoms. The molecule has 5 heteroatoms. The van der Waals surface area contributed by atoms with Crippen molar-refractivity contribution in [2.75, 3.05) is 11.4 Å². The summed E-state index contributed by atoms with van der Waals surface area (Å²) in [6.45, 7) is 0.296. The van der Waals surface area contributed by atoms with Gasteiger partial charge in [-0.25, -0.2) is 8.42 Å². The minimum absolute atomic E-state index is 0.268. The second kappa shape index (κ2) is 5.42. The molecule has 2 rings (SSSR count). The number of anilines is 1. The lowest BCUT2D eigenvalue weighted by Gasteiger charge is -2.21. The van der Waals surface area contributed by atoms with Crippen molar-refractivity contribution >= 4 is 15.7 Å². The normalized spacial score (nSPS) is 11.3. The Kier molecular flexibility index (Phi) is 3.87. The Balaban J connectivity index is 2.47. The van der Waals surface area contributed by atoms with Gasteiger partial charge in [-0.1, -0.05) is 36.4 Å². The quantitative estimate of drug-likeness (QED) is 0.928. The summed E-state index contributed by atoms with van der Waals surface area (Å²) in [5.41, 5.74) is 7.05. The van der Waals surface area contributed by atoms with Gasteiger partial charge in [0, 0.05) is 13.6 Å². The number of nitrogens with zero attached hydrogens (tertiary/aromatic N) is 1. The van der Waals surface area contributed by atoms with Gasteiger partial charge in [0.2, 0.25) is 0 Å². The lowest BCUT2D eigenvalue weighted by atomic mass is 10.2. The highest BCUT2D eigenvalue weighted by Gasteiger charge is 2.22. The zero-order valence-corrected chi connectivity index (χ0v) is 11.5. The van der Waals surface area contributed by atoms with E-state index in [1.54, 1.807) is 42.5 Å². The van der Waals surface area contributed by atoms with Crippen molar-refractivity contribution in [3.8, 4) is 0 Å². The fourth-order valence-electron chi connectivity index (χ4n) is 1.87. The number of rotatable bonds is 4. The van der Waals surface area contributed by atoms with Crippen molar-refractivity contribution in [1.82, 2.24) is 0 Å². The third kappa shape index (κ3) is 2.62. The SMILES string of the molecule is CN(c1ccccc1CN)S(=O)(=O)c1ccccc1. The van der Waals surface area contributed by atoms with Crippen LogP contribution in [0.2, 0.25) is 0 Å². The largest absolute Gasteiger partial charge is 0.326 e. The Bertz CT molecular complexity index is 654. The van der Waals surface area contributed by atoms with Crippen LogP contribution in [0.1, 0.15) is 5.56 Å². The zero-order valence-electron chi connectivity index (χ0n) is 10.7. The number of sulfonamides is 1. The van der Waals surface area contributed by atoms with Gasteiger partial charge in [-0.2, -0.15) is 0 Å². The van der Waals surface area contributed by atoms with Crippen LogP contribution < -0.4 is 10.0 Å². The molecular weight excluding hydrogens is 260 g/mol. The second-order valence-electron chi connectivity index (χ2n) is 4.12. The Hall–Kier alpha value is -1.85. The van der Waals surface area contributed by atoms with Crippen LogP contribution in [0.25, 0.3) is 0 Å². The van der Waals surface area contributed by atoms with Gasteiger partial charge in [-0.15, -0.1) is 0 Å². The summed E-state index contributed by atoms with van der Waals surface area (Å²) in [4.78, 5) is 0.268. The van der Waals surface area contributed by atoms with Crippen molar-refractivity contribution in [2.45, 2.75) is 11.4 Å². The molecule has 0 aliphatic rings. The molecule has 0 aromatic heterocycles. The molecule has 0 saturated carbocycles. The van der Waals surface area contributed by atoms with Crippen LogP contribution in [0.5, 0.6) is 0 Å². The fraction of sp³-hybridized carbons (Fsp3) is 0.143. The van der Waals surface area contributed by atoms with Crippen molar-refractivity contribution in [2.24, 2.45) is 5.73 Å². The molecule has 2 aromatic rings. The number of hydrogen-bond acceptors (Lipinski definition) is 3. The van der Waals surface area contributed by atoms with Crippen LogP contribution in [0.3, 0.4) is 0 Å². The van der Waals surface area contributed by atoms with Gasteiger partial charge >= 0.3 is 0 Å². The summed E-state index contributed by atoms with van der Waals surface area (Å²) >= 11 is 0. The van der Waals surface area contributed by atoms with E-state index >= 15 is 0 Å². The summed E-state index contributed by atoms with van der Waals surface area (Å²) in [5, 5.41) is 0. The second-order valence-corrected chi connectivity index (χ2v) is 6.09. The number of nitrogens with two attached hydrogens (primary N) is 1. The molecule has 0 fully saturated rings. The summed E-state index contributed by atoms with van der Waals surface area (Å²) in [6, 6.07) is 15.6. The zero-order chi connectivity index (χ0) is 13.9. The van der Waals surface area contributed by atoms with Crippen molar-refractivity contribution in [1.29, 1.82) is 0 Å². The van der Waals surface area contributed by atoms with Gasteiger partial charge in [-0.05, 0) is 23.8 Å². The van der Waals surface area contributed by atoms with E-state index in [0.29, 0.717) is 12.2 Å². The Morgan fingerprint density at radius 1 is 1.00 bits per heavy atom. The maximum absolute atomic E-state index is 12.5. The van der Waals surface area contributed by atoms with Gasteiger partial charge in [-0.3, -0.25) is 4.31 Å². The van der Waals surface area contributed by atoms with E-state index in [1.807, 2.05) is 12.1 Å². The number of benzene rings is 2. The maximum Gasteiger partial charge on any atom is 0.264 e. The van der Waals surface area contributed by atoms with Crippen molar-refractivity contribution < 1.29 is 8.42 Å². The van der Waals surface area contributed by atoms with Crippen LogP contribution in [-0.4, -0.2) is 15.5 Å². The van der Waals surface area contributed by atoms with E-state index in [2.05, 4.69) is 0 Å². The van der Waals surface area contributed by atoms with Crippen LogP contribution in [0, 0.1) is 0 Å². The van der Waals surface area contributed by atoms with Crippen molar-refractivity contribution in [3.63, 3.8) is 0 Å². The maximum atomic E-state index is 12.5. The monoisotopic (exact) mass is 276 g/mol. The van der Waals surface area contributed by atoms with Gasteiger partial charge in [0.05, 0.1) is 10.6 Å². The molecule has 0 saturated heterocycles. The molecule has 0 atom stereocenters. The molecule has 0 aliphatic heterocycles.